The van der Waals surface area contributed by atoms with Crippen molar-refractivity contribution >= 4 is 17.7 Å². The average Bonchev–Trinajstić information content (AvgIpc) is 3.04. The highest BCUT2D eigenvalue weighted by molar-refractivity contribution is 7.99. The van der Waals surface area contributed by atoms with Crippen molar-refractivity contribution in [3.8, 4) is 5.75 Å². The van der Waals surface area contributed by atoms with Crippen molar-refractivity contribution in [3.05, 3.63) is 77.1 Å². The van der Waals surface area contributed by atoms with Crippen LogP contribution < -0.4 is 10.1 Å². The number of aryl methyl sites for hydroxylation is 2. The summed E-state index contributed by atoms with van der Waals surface area (Å²) in [7, 11) is 1.65. The maximum Gasteiger partial charge on any atom is 0.221 e. The summed E-state index contributed by atoms with van der Waals surface area (Å²) in [5.41, 5.74) is 4.45. The number of aromatic nitrogens is 2. The lowest BCUT2D eigenvalue weighted by molar-refractivity contribution is -0.120. The summed E-state index contributed by atoms with van der Waals surface area (Å²) in [5.74, 6) is 1.65. The molecule has 152 valence electrons. The molecule has 0 aliphatic carbocycles. The molecule has 5 nitrogen and oxygen atoms in total. The maximum atomic E-state index is 12.2. The Labute approximate surface area is 176 Å². The molecule has 0 radical (unpaired) electrons. The van der Waals surface area contributed by atoms with Crippen molar-refractivity contribution in [3.63, 3.8) is 0 Å². The largest absolute Gasteiger partial charge is 0.497 e. The van der Waals surface area contributed by atoms with Gasteiger partial charge < -0.3 is 10.1 Å². The number of carbonyl (C=O) groups excluding carboxylic acids is 1. The quantitative estimate of drug-likeness (QED) is 0.534. The monoisotopic (exact) mass is 409 g/mol. The number of benzene rings is 2. The number of amides is 1. The van der Waals surface area contributed by atoms with Crippen LogP contribution in [-0.4, -0.2) is 28.6 Å². The summed E-state index contributed by atoms with van der Waals surface area (Å²) < 4.78 is 7.16. The molecule has 0 bridgehead atoms. The fraction of sp³-hybridized carbons (Fsp3) is 0.304. The zero-order valence-electron chi connectivity index (χ0n) is 17.1. The lowest BCUT2D eigenvalue weighted by Crippen LogP contribution is -2.23. The number of ether oxygens (including phenoxy) is 1. The molecule has 0 fully saturated rings. The van der Waals surface area contributed by atoms with Crippen molar-refractivity contribution in [1.29, 1.82) is 0 Å². The van der Waals surface area contributed by atoms with Gasteiger partial charge in [-0.3, -0.25) is 9.48 Å². The van der Waals surface area contributed by atoms with E-state index in [1.165, 1.54) is 5.56 Å². The van der Waals surface area contributed by atoms with E-state index in [9.17, 15) is 4.79 Å². The van der Waals surface area contributed by atoms with Crippen molar-refractivity contribution in [1.82, 2.24) is 15.1 Å². The predicted octanol–water partition coefficient (Wildman–Crippen LogP) is 4.36. The van der Waals surface area contributed by atoms with Crippen LogP contribution in [0, 0.1) is 13.8 Å². The zero-order chi connectivity index (χ0) is 20.6. The molecule has 29 heavy (non-hydrogen) atoms. The third-order valence-electron chi connectivity index (χ3n) is 4.57. The second-order valence-electron chi connectivity index (χ2n) is 6.96. The van der Waals surface area contributed by atoms with Gasteiger partial charge in [0.05, 0.1) is 19.3 Å². The van der Waals surface area contributed by atoms with E-state index < -0.39 is 0 Å². The van der Waals surface area contributed by atoms with E-state index in [1.54, 1.807) is 18.9 Å². The first-order valence-corrected chi connectivity index (χ1v) is 10.6. The Hall–Kier alpha value is -2.73. The van der Waals surface area contributed by atoms with Gasteiger partial charge >= 0.3 is 0 Å². The van der Waals surface area contributed by atoms with Crippen LogP contribution in [0.5, 0.6) is 5.75 Å². The summed E-state index contributed by atoms with van der Waals surface area (Å²) in [6.45, 7) is 5.34. The standard InChI is InChI=1S/C23H27N3O2S/c1-17-13-18(2)26(25-17)16-20-6-4-5-19(14-20)15-24-23(27)11-12-29-22-9-7-21(28-3)8-10-22/h4-10,13-14H,11-12,15-16H2,1-3H3,(H,24,27). The van der Waals surface area contributed by atoms with Gasteiger partial charge in [-0.1, -0.05) is 24.3 Å². The molecule has 1 aromatic heterocycles. The van der Waals surface area contributed by atoms with E-state index in [1.807, 2.05) is 48.0 Å². The lowest BCUT2D eigenvalue weighted by atomic mass is 10.1. The SMILES string of the molecule is COc1ccc(SCCC(=O)NCc2cccc(Cn3nc(C)cc3C)c2)cc1. The fourth-order valence-corrected chi connectivity index (χ4v) is 3.92. The number of hydrogen-bond donors (Lipinski definition) is 1. The first-order chi connectivity index (χ1) is 14.0. The van der Waals surface area contributed by atoms with Gasteiger partial charge in [-0.2, -0.15) is 5.10 Å². The Morgan fingerprint density at radius 3 is 2.55 bits per heavy atom. The predicted molar refractivity (Wildman–Crippen MR) is 117 cm³/mol. The minimum atomic E-state index is 0.0648. The Morgan fingerprint density at radius 1 is 1.10 bits per heavy atom. The molecule has 1 N–H and O–H groups in total. The minimum Gasteiger partial charge on any atom is -0.497 e. The summed E-state index contributed by atoms with van der Waals surface area (Å²) in [4.78, 5) is 13.3. The second-order valence-corrected chi connectivity index (χ2v) is 8.12. The third kappa shape index (κ3) is 6.39. The maximum absolute atomic E-state index is 12.2. The number of rotatable bonds is 9. The Morgan fingerprint density at radius 2 is 1.86 bits per heavy atom. The van der Waals surface area contributed by atoms with E-state index >= 15 is 0 Å². The van der Waals surface area contributed by atoms with E-state index in [0.29, 0.717) is 13.0 Å². The molecular formula is C23H27N3O2S. The van der Waals surface area contributed by atoms with Gasteiger partial charge in [-0.15, -0.1) is 11.8 Å². The molecular weight excluding hydrogens is 382 g/mol. The first kappa shape index (κ1) is 21.0. The highest BCUT2D eigenvalue weighted by Gasteiger charge is 2.05. The normalized spacial score (nSPS) is 10.7. The lowest BCUT2D eigenvalue weighted by Gasteiger charge is -2.09. The van der Waals surface area contributed by atoms with Gasteiger partial charge in [-0.05, 0) is 55.3 Å². The van der Waals surface area contributed by atoms with Crippen LogP contribution in [0.3, 0.4) is 0 Å². The van der Waals surface area contributed by atoms with E-state index in [-0.39, 0.29) is 5.91 Å². The van der Waals surface area contributed by atoms with Crippen LogP contribution >= 0.6 is 11.8 Å². The highest BCUT2D eigenvalue weighted by atomic mass is 32.2. The van der Waals surface area contributed by atoms with Crippen molar-refractivity contribution < 1.29 is 9.53 Å². The first-order valence-electron chi connectivity index (χ1n) is 9.66. The number of nitrogens with one attached hydrogen (secondary N) is 1. The summed E-state index contributed by atoms with van der Waals surface area (Å²) in [6.07, 6.45) is 0.488. The van der Waals surface area contributed by atoms with Crippen molar-refractivity contribution in [2.75, 3.05) is 12.9 Å². The second kappa shape index (κ2) is 10.2. The molecule has 0 saturated carbocycles. The van der Waals surface area contributed by atoms with Gasteiger partial charge in [0.25, 0.3) is 0 Å². The van der Waals surface area contributed by atoms with Gasteiger partial charge in [0.2, 0.25) is 5.91 Å². The topological polar surface area (TPSA) is 56.1 Å². The minimum absolute atomic E-state index is 0.0648. The number of thioether (sulfide) groups is 1. The summed E-state index contributed by atoms with van der Waals surface area (Å²) in [6, 6.07) is 18.2. The Kier molecular flexibility index (Phi) is 7.36. The van der Waals surface area contributed by atoms with Crippen LogP contribution in [0.25, 0.3) is 0 Å². The summed E-state index contributed by atoms with van der Waals surface area (Å²) in [5, 5.41) is 7.53. The molecule has 1 amide bonds. The number of methoxy groups -OCH3 is 1. The van der Waals surface area contributed by atoms with E-state index in [0.717, 1.165) is 39.9 Å². The molecule has 0 spiro atoms. The average molecular weight is 410 g/mol. The fourth-order valence-electron chi connectivity index (χ4n) is 3.07. The van der Waals surface area contributed by atoms with Gasteiger partial charge in [0.15, 0.2) is 0 Å². The molecule has 0 aliphatic heterocycles. The van der Waals surface area contributed by atoms with Crippen LogP contribution in [0.15, 0.2) is 59.5 Å². The molecule has 0 atom stereocenters. The molecule has 1 heterocycles. The smallest absolute Gasteiger partial charge is 0.221 e. The van der Waals surface area contributed by atoms with Gasteiger partial charge in [0.1, 0.15) is 5.75 Å². The van der Waals surface area contributed by atoms with E-state index in [4.69, 9.17) is 4.74 Å². The molecule has 2 aromatic carbocycles. The molecule has 0 unspecified atom stereocenters. The molecule has 3 aromatic rings. The molecule has 6 heteroatoms. The Balaban J connectivity index is 1.44. The molecule has 0 aliphatic rings. The van der Waals surface area contributed by atoms with Crippen LogP contribution in [0.2, 0.25) is 0 Å². The van der Waals surface area contributed by atoms with Crippen molar-refractivity contribution in [2.45, 2.75) is 38.3 Å². The third-order valence-corrected chi connectivity index (χ3v) is 5.59. The molecule has 3 rings (SSSR count). The van der Waals surface area contributed by atoms with Gasteiger partial charge in [-0.25, -0.2) is 0 Å². The van der Waals surface area contributed by atoms with E-state index in [2.05, 4.69) is 35.5 Å². The highest BCUT2D eigenvalue weighted by Crippen LogP contribution is 2.21. The number of carbonyl (C=O) groups is 1. The number of nitrogens with zero attached hydrogens (tertiary/aromatic N) is 2. The zero-order valence-corrected chi connectivity index (χ0v) is 18.0. The Bertz CT molecular complexity index is 951. The summed E-state index contributed by atoms with van der Waals surface area (Å²) >= 11 is 1.67. The number of hydrogen-bond acceptors (Lipinski definition) is 4. The van der Waals surface area contributed by atoms with Crippen LogP contribution in [0.4, 0.5) is 0 Å². The van der Waals surface area contributed by atoms with Crippen LogP contribution in [-0.2, 0) is 17.9 Å². The van der Waals surface area contributed by atoms with Crippen LogP contribution in [0.1, 0.15) is 28.9 Å². The van der Waals surface area contributed by atoms with Crippen molar-refractivity contribution in [2.24, 2.45) is 0 Å². The van der Waals surface area contributed by atoms with Gasteiger partial charge in [0, 0.05) is 29.3 Å². The molecule has 0 saturated heterocycles.